The lowest BCUT2D eigenvalue weighted by Crippen LogP contribution is -2.32. The molecule has 9 heteroatoms. The Hall–Kier alpha value is -2.94. The van der Waals surface area contributed by atoms with E-state index in [1.165, 1.54) is 4.90 Å². The van der Waals surface area contributed by atoms with Gasteiger partial charge in [0.25, 0.3) is 5.91 Å². The first kappa shape index (κ1) is 19.4. The molecule has 1 aromatic heterocycles. The molecule has 1 aromatic carbocycles. The molecule has 0 saturated carbocycles. The molecule has 1 heterocycles. The van der Waals surface area contributed by atoms with Gasteiger partial charge in [0.2, 0.25) is 0 Å². The number of anilines is 1. The maximum absolute atomic E-state index is 12.4. The van der Waals surface area contributed by atoms with E-state index in [9.17, 15) is 9.59 Å². The number of hydrogen-bond acceptors (Lipinski definition) is 5. The van der Waals surface area contributed by atoms with Gasteiger partial charge in [-0.25, -0.2) is 4.79 Å². The van der Waals surface area contributed by atoms with Crippen LogP contribution < -0.4 is 10.6 Å². The molecule has 2 rings (SSSR count). The predicted octanol–water partition coefficient (Wildman–Crippen LogP) is 1.34. The van der Waals surface area contributed by atoms with Crippen LogP contribution in [-0.2, 0) is 17.8 Å². The van der Waals surface area contributed by atoms with Gasteiger partial charge in [0.1, 0.15) is 6.33 Å². The quantitative estimate of drug-likeness (QED) is 0.740. The third kappa shape index (κ3) is 5.28. The molecule has 0 fully saturated rings. The normalized spacial score (nSPS) is 10.4. The first-order valence-electron chi connectivity index (χ1n) is 8.31. The highest BCUT2D eigenvalue weighted by atomic mass is 16.5. The molecule has 0 aliphatic rings. The molecular weight excluding hydrogens is 336 g/mol. The Labute approximate surface area is 152 Å². The van der Waals surface area contributed by atoms with Gasteiger partial charge in [-0.15, -0.1) is 10.2 Å². The van der Waals surface area contributed by atoms with E-state index in [0.717, 1.165) is 0 Å². The Morgan fingerprint density at radius 2 is 2.15 bits per heavy atom. The van der Waals surface area contributed by atoms with Gasteiger partial charge >= 0.3 is 6.03 Å². The standard InChI is InChI=1S/C17H24N6O3/c1-4-18-16(24)13-6-5-7-14(10-13)20-17(25)22(2)11-15-21-19-12-23(15)8-9-26-3/h5-7,10,12H,4,8-9,11H2,1-3H3,(H,18,24)(H,20,25). The van der Waals surface area contributed by atoms with Crippen molar-refractivity contribution >= 4 is 17.6 Å². The van der Waals surface area contributed by atoms with Crippen LogP contribution in [0.3, 0.4) is 0 Å². The van der Waals surface area contributed by atoms with Crippen molar-refractivity contribution in [3.63, 3.8) is 0 Å². The van der Waals surface area contributed by atoms with Gasteiger partial charge in [0.05, 0.1) is 13.2 Å². The van der Waals surface area contributed by atoms with Crippen LogP contribution in [0, 0.1) is 0 Å². The summed E-state index contributed by atoms with van der Waals surface area (Å²) >= 11 is 0. The molecule has 140 valence electrons. The molecule has 3 amide bonds. The van der Waals surface area contributed by atoms with Crippen molar-refractivity contribution < 1.29 is 14.3 Å². The zero-order valence-corrected chi connectivity index (χ0v) is 15.2. The number of benzene rings is 1. The Balaban J connectivity index is 1.98. The SMILES string of the molecule is CCNC(=O)c1cccc(NC(=O)N(C)Cc2nncn2CCOC)c1. The fraction of sp³-hybridized carbons (Fsp3) is 0.412. The lowest BCUT2D eigenvalue weighted by Gasteiger charge is -2.18. The Morgan fingerprint density at radius 1 is 1.35 bits per heavy atom. The largest absolute Gasteiger partial charge is 0.383 e. The summed E-state index contributed by atoms with van der Waals surface area (Å²) < 4.78 is 6.88. The molecule has 0 aliphatic carbocycles. The maximum Gasteiger partial charge on any atom is 0.321 e. The number of methoxy groups -OCH3 is 1. The summed E-state index contributed by atoms with van der Waals surface area (Å²) in [6, 6.07) is 6.48. The van der Waals surface area contributed by atoms with Crippen molar-refractivity contribution in [3.05, 3.63) is 42.0 Å². The number of carbonyl (C=O) groups is 2. The average molecular weight is 360 g/mol. The van der Waals surface area contributed by atoms with Crippen LogP contribution in [0.25, 0.3) is 0 Å². The van der Waals surface area contributed by atoms with E-state index in [4.69, 9.17) is 4.74 Å². The highest BCUT2D eigenvalue weighted by Crippen LogP contribution is 2.12. The summed E-state index contributed by atoms with van der Waals surface area (Å²) in [5.41, 5.74) is 1.04. The van der Waals surface area contributed by atoms with E-state index in [1.807, 2.05) is 11.5 Å². The molecule has 2 aromatic rings. The molecule has 0 radical (unpaired) electrons. The molecule has 0 unspecified atom stereocenters. The van der Waals surface area contributed by atoms with Crippen LogP contribution in [0.1, 0.15) is 23.1 Å². The minimum atomic E-state index is -0.306. The van der Waals surface area contributed by atoms with E-state index in [-0.39, 0.29) is 11.9 Å². The van der Waals surface area contributed by atoms with Crippen LogP contribution >= 0.6 is 0 Å². The molecule has 0 atom stereocenters. The van der Waals surface area contributed by atoms with Crippen LogP contribution in [0.4, 0.5) is 10.5 Å². The van der Waals surface area contributed by atoms with E-state index >= 15 is 0 Å². The zero-order chi connectivity index (χ0) is 18.9. The summed E-state index contributed by atoms with van der Waals surface area (Å²) in [4.78, 5) is 25.8. The summed E-state index contributed by atoms with van der Waals surface area (Å²) in [6.45, 7) is 3.84. The third-order valence-corrected chi connectivity index (χ3v) is 3.67. The Bertz CT molecular complexity index is 746. The number of hydrogen-bond donors (Lipinski definition) is 2. The van der Waals surface area contributed by atoms with Gasteiger partial charge in [-0.05, 0) is 25.1 Å². The summed E-state index contributed by atoms with van der Waals surface area (Å²) in [6.07, 6.45) is 1.61. The van der Waals surface area contributed by atoms with Crippen molar-refractivity contribution in [1.29, 1.82) is 0 Å². The molecule has 2 N–H and O–H groups in total. The average Bonchev–Trinajstić information content (AvgIpc) is 3.07. The number of urea groups is 1. The highest BCUT2D eigenvalue weighted by molar-refractivity contribution is 5.96. The second kappa shape index (κ2) is 9.52. The van der Waals surface area contributed by atoms with Gasteiger partial charge in [0.15, 0.2) is 5.82 Å². The zero-order valence-electron chi connectivity index (χ0n) is 15.2. The second-order valence-electron chi connectivity index (χ2n) is 5.66. The first-order valence-corrected chi connectivity index (χ1v) is 8.31. The molecule has 0 aliphatic heterocycles. The summed E-state index contributed by atoms with van der Waals surface area (Å²) in [7, 11) is 3.29. The topological polar surface area (TPSA) is 101 Å². The minimum absolute atomic E-state index is 0.178. The smallest absolute Gasteiger partial charge is 0.321 e. The van der Waals surface area contributed by atoms with Crippen molar-refractivity contribution in [2.24, 2.45) is 0 Å². The van der Waals surface area contributed by atoms with Crippen LogP contribution in [0.2, 0.25) is 0 Å². The molecule has 0 bridgehead atoms. The monoisotopic (exact) mass is 360 g/mol. The molecular formula is C17H24N6O3. The van der Waals surface area contributed by atoms with Crippen molar-refractivity contribution in [3.8, 4) is 0 Å². The van der Waals surface area contributed by atoms with Gasteiger partial charge in [-0.3, -0.25) is 4.79 Å². The Morgan fingerprint density at radius 3 is 2.88 bits per heavy atom. The molecule has 9 nitrogen and oxygen atoms in total. The highest BCUT2D eigenvalue weighted by Gasteiger charge is 2.14. The number of ether oxygens (including phenoxy) is 1. The van der Waals surface area contributed by atoms with Gasteiger partial charge in [-0.1, -0.05) is 6.07 Å². The predicted molar refractivity (Wildman–Crippen MR) is 96.8 cm³/mol. The second-order valence-corrected chi connectivity index (χ2v) is 5.66. The van der Waals surface area contributed by atoms with Gasteiger partial charge < -0.3 is 24.8 Å². The fourth-order valence-electron chi connectivity index (χ4n) is 2.28. The summed E-state index contributed by atoms with van der Waals surface area (Å²) in [5, 5.41) is 13.4. The number of nitrogens with zero attached hydrogens (tertiary/aromatic N) is 4. The van der Waals surface area contributed by atoms with E-state index < -0.39 is 0 Å². The fourth-order valence-corrected chi connectivity index (χ4v) is 2.28. The van der Waals surface area contributed by atoms with E-state index in [0.29, 0.717) is 43.3 Å². The molecule has 26 heavy (non-hydrogen) atoms. The number of rotatable bonds is 8. The summed E-state index contributed by atoms with van der Waals surface area (Å²) in [5.74, 6) is 0.485. The molecule has 0 saturated heterocycles. The van der Waals surface area contributed by atoms with Gasteiger partial charge in [-0.2, -0.15) is 0 Å². The van der Waals surface area contributed by atoms with E-state index in [1.54, 1.807) is 44.8 Å². The van der Waals surface area contributed by atoms with Crippen LogP contribution in [-0.4, -0.2) is 58.9 Å². The first-order chi connectivity index (χ1) is 12.5. The lowest BCUT2D eigenvalue weighted by atomic mass is 10.2. The lowest BCUT2D eigenvalue weighted by molar-refractivity contribution is 0.0956. The van der Waals surface area contributed by atoms with E-state index in [2.05, 4.69) is 20.8 Å². The van der Waals surface area contributed by atoms with Crippen LogP contribution in [0.5, 0.6) is 0 Å². The number of nitrogens with one attached hydrogen (secondary N) is 2. The Kier molecular flexibility index (Phi) is 7.10. The van der Waals surface area contributed by atoms with Crippen molar-refractivity contribution in [1.82, 2.24) is 25.0 Å². The number of aromatic nitrogens is 3. The number of amides is 3. The maximum atomic E-state index is 12.4. The van der Waals surface area contributed by atoms with Crippen molar-refractivity contribution in [2.75, 3.05) is 32.6 Å². The van der Waals surface area contributed by atoms with Crippen molar-refractivity contribution in [2.45, 2.75) is 20.0 Å². The minimum Gasteiger partial charge on any atom is -0.383 e. The van der Waals surface area contributed by atoms with Gasteiger partial charge in [0, 0.05) is 38.5 Å². The number of carbonyl (C=O) groups excluding carboxylic acids is 2. The van der Waals surface area contributed by atoms with Crippen LogP contribution in [0.15, 0.2) is 30.6 Å². The third-order valence-electron chi connectivity index (χ3n) is 3.67. The molecule has 0 spiro atoms.